The van der Waals surface area contributed by atoms with Crippen LogP contribution in [0.2, 0.25) is 0 Å². The van der Waals surface area contributed by atoms with E-state index in [0.717, 1.165) is 16.6 Å². The number of aromatic nitrogens is 2. The predicted molar refractivity (Wildman–Crippen MR) is 120 cm³/mol. The number of carbonyl (C=O) groups excluding carboxylic acids is 2. The van der Waals surface area contributed by atoms with Gasteiger partial charge in [-0.3, -0.25) is 14.6 Å². The van der Waals surface area contributed by atoms with Gasteiger partial charge >= 0.3 is 0 Å². The predicted octanol–water partition coefficient (Wildman–Crippen LogP) is 3.92. The summed E-state index contributed by atoms with van der Waals surface area (Å²) in [6, 6.07) is 18.4. The normalized spacial score (nSPS) is 14.4. The monoisotopic (exact) mass is 426 g/mol. The van der Waals surface area contributed by atoms with Gasteiger partial charge in [0.15, 0.2) is 5.76 Å². The van der Waals surface area contributed by atoms with Crippen LogP contribution < -0.4 is 5.32 Å². The van der Waals surface area contributed by atoms with E-state index < -0.39 is 0 Å². The summed E-state index contributed by atoms with van der Waals surface area (Å²) in [6.45, 7) is 1.14. The van der Waals surface area contributed by atoms with Crippen LogP contribution in [0.15, 0.2) is 77.5 Å². The molecule has 3 aromatic heterocycles. The van der Waals surface area contributed by atoms with Crippen LogP contribution in [0.25, 0.3) is 22.3 Å². The van der Waals surface area contributed by atoms with Gasteiger partial charge in [0.2, 0.25) is 0 Å². The summed E-state index contributed by atoms with van der Waals surface area (Å²) in [4.78, 5) is 36.6. The molecule has 1 N–H and O–H groups in total. The summed E-state index contributed by atoms with van der Waals surface area (Å²) < 4.78 is 5.21. The van der Waals surface area contributed by atoms with Gasteiger partial charge < -0.3 is 14.6 Å². The van der Waals surface area contributed by atoms with Crippen LogP contribution in [0.3, 0.4) is 0 Å². The topological polar surface area (TPSA) is 88.3 Å². The number of piperidine rings is 1. The van der Waals surface area contributed by atoms with E-state index in [1.54, 1.807) is 29.3 Å². The first-order valence-corrected chi connectivity index (χ1v) is 10.6. The summed E-state index contributed by atoms with van der Waals surface area (Å²) >= 11 is 0. The van der Waals surface area contributed by atoms with E-state index in [1.165, 1.54) is 6.26 Å². The molecule has 1 aromatic carbocycles. The van der Waals surface area contributed by atoms with Crippen LogP contribution >= 0.6 is 0 Å². The Hall–Kier alpha value is -4.00. The number of rotatable bonds is 4. The number of nitrogens with one attached hydrogen (secondary N) is 1. The fraction of sp³-hybridized carbons (Fsp3) is 0.200. The Morgan fingerprint density at radius 3 is 2.53 bits per heavy atom. The molecule has 160 valence electrons. The van der Waals surface area contributed by atoms with Gasteiger partial charge in [0, 0.05) is 30.7 Å². The number of likely N-dealkylation sites (tertiary alicyclic amines) is 1. The molecule has 4 heterocycles. The van der Waals surface area contributed by atoms with E-state index in [9.17, 15) is 9.59 Å². The summed E-state index contributed by atoms with van der Waals surface area (Å²) in [5.41, 5.74) is 2.70. The van der Waals surface area contributed by atoms with Crippen molar-refractivity contribution >= 4 is 22.7 Å². The third-order valence-electron chi connectivity index (χ3n) is 5.74. The molecule has 1 saturated heterocycles. The maximum absolute atomic E-state index is 13.3. The second-order valence-electron chi connectivity index (χ2n) is 7.80. The summed E-state index contributed by atoms with van der Waals surface area (Å²) in [6.07, 6.45) is 4.59. The van der Waals surface area contributed by atoms with Crippen molar-refractivity contribution in [3.8, 4) is 11.4 Å². The molecule has 1 fully saturated rings. The highest BCUT2D eigenvalue weighted by atomic mass is 16.3. The van der Waals surface area contributed by atoms with Crippen molar-refractivity contribution in [3.05, 3.63) is 84.4 Å². The molecule has 7 heteroatoms. The smallest absolute Gasteiger partial charge is 0.289 e. The average Bonchev–Trinajstić information content (AvgIpc) is 3.39. The van der Waals surface area contributed by atoms with Crippen molar-refractivity contribution in [2.75, 3.05) is 13.1 Å². The number of hydrogen-bond donors (Lipinski definition) is 1. The van der Waals surface area contributed by atoms with E-state index in [0.29, 0.717) is 42.9 Å². The first-order chi connectivity index (χ1) is 15.7. The lowest BCUT2D eigenvalue weighted by Crippen LogP contribution is -2.46. The van der Waals surface area contributed by atoms with Crippen LogP contribution in [-0.2, 0) is 0 Å². The SMILES string of the molecule is O=C(NC1CCN(C(=O)c2ccco2)CC1)c1cc(-c2ccccn2)nc2ccccc12. The van der Waals surface area contributed by atoms with E-state index in [4.69, 9.17) is 9.40 Å². The molecule has 1 aliphatic heterocycles. The molecular weight excluding hydrogens is 404 g/mol. The fourth-order valence-corrected chi connectivity index (χ4v) is 4.05. The van der Waals surface area contributed by atoms with Gasteiger partial charge in [-0.15, -0.1) is 0 Å². The maximum atomic E-state index is 13.3. The molecule has 2 amide bonds. The van der Waals surface area contributed by atoms with Crippen molar-refractivity contribution in [1.29, 1.82) is 0 Å². The molecule has 0 bridgehead atoms. The van der Waals surface area contributed by atoms with Crippen molar-refractivity contribution in [3.63, 3.8) is 0 Å². The molecule has 1 aliphatic rings. The van der Waals surface area contributed by atoms with Gasteiger partial charge in [-0.2, -0.15) is 0 Å². The second kappa shape index (κ2) is 8.63. The first kappa shape index (κ1) is 19.9. The molecule has 7 nitrogen and oxygen atoms in total. The van der Waals surface area contributed by atoms with Crippen molar-refractivity contribution in [2.45, 2.75) is 18.9 Å². The zero-order chi connectivity index (χ0) is 21.9. The highest BCUT2D eigenvalue weighted by Gasteiger charge is 2.26. The first-order valence-electron chi connectivity index (χ1n) is 10.6. The average molecular weight is 426 g/mol. The summed E-state index contributed by atoms with van der Waals surface area (Å²) in [7, 11) is 0. The standard InChI is InChI=1S/C25H22N4O3/c30-24(27-17-10-13-29(14-11-17)25(31)23-9-5-15-32-23)19-16-22(21-8-3-4-12-26-21)28-20-7-2-1-6-18(19)20/h1-9,12,15-17H,10-11,13-14H2,(H,27,30). The number of furan rings is 1. The number of benzene rings is 1. The number of hydrogen-bond acceptors (Lipinski definition) is 5. The molecule has 32 heavy (non-hydrogen) atoms. The quantitative estimate of drug-likeness (QED) is 0.534. The Kier molecular flexibility index (Phi) is 5.37. The van der Waals surface area contributed by atoms with Crippen LogP contribution in [0.4, 0.5) is 0 Å². The molecule has 4 aromatic rings. The highest BCUT2D eigenvalue weighted by Crippen LogP contribution is 2.24. The van der Waals surface area contributed by atoms with E-state index in [-0.39, 0.29) is 17.9 Å². The van der Waals surface area contributed by atoms with Gasteiger partial charge in [-0.1, -0.05) is 24.3 Å². The fourth-order valence-electron chi connectivity index (χ4n) is 4.05. The van der Waals surface area contributed by atoms with Gasteiger partial charge in [0.25, 0.3) is 11.8 Å². The summed E-state index contributed by atoms with van der Waals surface area (Å²) in [5.74, 6) is 0.0919. The van der Waals surface area contributed by atoms with Gasteiger partial charge in [0.05, 0.1) is 28.7 Å². The Morgan fingerprint density at radius 2 is 1.78 bits per heavy atom. The van der Waals surface area contributed by atoms with Crippen molar-refractivity contribution < 1.29 is 14.0 Å². The lowest BCUT2D eigenvalue weighted by Gasteiger charge is -2.32. The second-order valence-corrected chi connectivity index (χ2v) is 7.80. The van der Waals surface area contributed by atoms with Crippen molar-refractivity contribution in [1.82, 2.24) is 20.2 Å². The van der Waals surface area contributed by atoms with Gasteiger partial charge in [-0.25, -0.2) is 4.98 Å². The Bertz CT molecular complexity index is 1250. The van der Waals surface area contributed by atoms with Gasteiger partial charge in [0.1, 0.15) is 0 Å². The molecule has 0 atom stereocenters. The zero-order valence-electron chi connectivity index (χ0n) is 17.4. The van der Waals surface area contributed by atoms with E-state index in [1.807, 2.05) is 42.5 Å². The number of para-hydroxylation sites is 1. The van der Waals surface area contributed by atoms with Crippen molar-refractivity contribution in [2.24, 2.45) is 0 Å². The minimum absolute atomic E-state index is 0.00613. The number of pyridine rings is 2. The Morgan fingerprint density at radius 1 is 0.969 bits per heavy atom. The Balaban J connectivity index is 1.34. The highest BCUT2D eigenvalue weighted by molar-refractivity contribution is 6.07. The molecule has 0 unspecified atom stereocenters. The Labute approximate surface area is 185 Å². The molecular formula is C25H22N4O3. The third kappa shape index (κ3) is 3.97. The minimum Gasteiger partial charge on any atom is -0.459 e. The van der Waals surface area contributed by atoms with Crippen LogP contribution in [0, 0.1) is 0 Å². The lowest BCUT2D eigenvalue weighted by atomic mass is 10.0. The molecule has 5 rings (SSSR count). The largest absolute Gasteiger partial charge is 0.459 e. The maximum Gasteiger partial charge on any atom is 0.289 e. The van der Waals surface area contributed by atoms with Crippen LogP contribution in [0.5, 0.6) is 0 Å². The van der Waals surface area contributed by atoms with E-state index in [2.05, 4.69) is 10.3 Å². The molecule has 0 radical (unpaired) electrons. The zero-order valence-corrected chi connectivity index (χ0v) is 17.4. The molecule has 0 aliphatic carbocycles. The molecule has 0 spiro atoms. The van der Waals surface area contributed by atoms with Gasteiger partial charge in [-0.05, 0) is 49.2 Å². The van der Waals surface area contributed by atoms with Crippen LogP contribution in [-0.4, -0.2) is 45.8 Å². The number of amides is 2. The van der Waals surface area contributed by atoms with Crippen LogP contribution in [0.1, 0.15) is 33.8 Å². The minimum atomic E-state index is -0.142. The summed E-state index contributed by atoms with van der Waals surface area (Å²) in [5, 5.41) is 3.95. The van der Waals surface area contributed by atoms with E-state index >= 15 is 0 Å². The molecule has 0 saturated carbocycles. The number of fused-ring (bicyclic) bond motifs is 1. The number of nitrogens with zero attached hydrogens (tertiary/aromatic N) is 3. The lowest BCUT2D eigenvalue weighted by molar-refractivity contribution is 0.0667. The third-order valence-corrected chi connectivity index (χ3v) is 5.74. The number of carbonyl (C=O) groups is 2.